The van der Waals surface area contributed by atoms with Crippen molar-refractivity contribution in [3.05, 3.63) is 64.7 Å². The average Bonchev–Trinajstić information content (AvgIpc) is 3.38. The van der Waals surface area contributed by atoms with E-state index in [0.29, 0.717) is 17.3 Å². The molecule has 2 saturated carbocycles. The lowest BCUT2D eigenvalue weighted by molar-refractivity contribution is -0.137. The van der Waals surface area contributed by atoms with Gasteiger partial charge in [-0.3, -0.25) is 0 Å². The topological polar surface area (TPSA) is 32.7 Å². The average molecular weight is 480 g/mol. The first-order chi connectivity index (χ1) is 15.7. The van der Waals surface area contributed by atoms with Gasteiger partial charge in [-0.15, -0.1) is 0 Å². The Morgan fingerprint density at radius 3 is 2.33 bits per heavy atom. The standard InChI is InChI=1S/C26H29ClF3NO2/c27-20-7-3-18(4-8-20)25(12-1-13-25)22(32)16-31-14-2-11-24(17-31)15-23(24)33-21-9-5-19(6-10-21)26(28,29)30/h3-10,22-23,32H,1-2,11-17H2/t22-,23?,24?/m0/s1. The Hall–Kier alpha value is -1.76. The van der Waals surface area contributed by atoms with Crippen molar-refractivity contribution >= 4 is 11.6 Å². The van der Waals surface area contributed by atoms with Crippen LogP contribution in [-0.2, 0) is 11.6 Å². The van der Waals surface area contributed by atoms with Crippen LogP contribution in [0.1, 0.15) is 49.7 Å². The minimum atomic E-state index is -4.34. The monoisotopic (exact) mass is 479 g/mol. The number of alkyl halides is 3. The SMILES string of the molecule is O[C@@H](CN1CCCC2(CC2Oc2ccc(C(F)(F)F)cc2)C1)C1(c2ccc(Cl)cc2)CCC1. The molecule has 3 fully saturated rings. The van der Waals surface area contributed by atoms with Gasteiger partial charge in [-0.25, -0.2) is 0 Å². The van der Waals surface area contributed by atoms with Gasteiger partial charge >= 0.3 is 6.18 Å². The van der Waals surface area contributed by atoms with E-state index in [9.17, 15) is 18.3 Å². The predicted octanol–water partition coefficient (Wildman–Crippen LogP) is 6.07. The summed E-state index contributed by atoms with van der Waals surface area (Å²) in [7, 11) is 0. The van der Waals surface area contributed by atoms with E-state index in [2.05, 4.69) is 4.90 Å². The molecule has 0 aromatic heterocycles. The number of rotatable bonds is 6. The van der Waals surface area contributed by atoms with Crippen molar-refractivity contribution in [3.8, 4) is 5.75 Å². The summed E-state index contributed by atoms with van der Waals surface area (Å²) in [5.74, 6) is 0.484. The Labute approximate surface area is 197 Å². The number of nitrogens with zero attached hydrogens (tertiary/aromatic N) is 1. The van der Waals surface area contributed by atoms with Gasteiger partial charge in [-0.05, 0) is 80.6 Å². The molecule has 2 unspecified atom stereocenters. The fraction of sp³-hybridized carbons (Fsp3) is 0.538. The quantitative estimate of drug-likeness (QED) is 0.545. The van der Waals surface area contributed by atoms with E-state index in [1.807, 2.05) is 24.3 Å². The molecule has 0 amide bonds. The van der Waals surface area contributed by atoms with Crippen LogP contribution in [0.25, 0.3) is 0 Å². The molecule has 3 atom stereocenters. The number of hydrogen-bond acceptors (Lipinski definition) is 3. The molecule has 2 aliphatic carbocycles. The summed E-state index contributed by atoms with van der Waals surface area (Å²) in [5.41, 5.74) is 0.332. The summed E-state index contributed by atoms with van der Waals surface area (Å²) >= 11 is 6.06. The van der Waals surface area contributed by atoms with Gasteiger partial charge in [-0.2, -0.15) is 13.2 Å². The van der Waals surface area contributed by atoms with Crippen molar-refractivity contribution < 1.29 is 23.0 Å². The number of piperidine rings is 1. The third-order valence-corrected chi connectivity index (χ3v) is 8.25. The summed E-state index contributed by atoms with van der Waals surface area (Å²) < 4.78 is 44.4. The lowest BCUT2D eigenvalue weighted by Gasteiger charge is -2.48. The highest BCUT2D eigenvalue weighted by Gasteiger charge is 2.58. The smallest absolute Gasteiger partial charge is 0.416 e. The van der Waals surface area contributed by atoms with Crippen LogP contribution in [0.2, 0.25) is 5.02 Å². The van der Waals surface area contributed by atoms with Crippen LogP contribution in [-0.4, -0.2) is 41.8 Å². The van der Waals surface area contributed by atoms with Crippen LogP contribution in [0.3, 0.4) is 0 Å². The van der Waals surface area contributed by atoms with Gasteiger partial charge in [0.2, 0.25) is 0 Å². The minimum Gasteiger partial charge on any atom is -0.490 e. The van der Waals surface area contributed by atoms with Crippen LogP contribution in [0.15, 0.2) is 48.5 Å². The lowest BCUT2D eigenvalue weighted by Crippen LogP contribution is -2.52. The van der Waals surface area contributed by atoms with Crippen molar-refractivity contribution in [1.82, 2.24) is 4.90 Å². The third kappa shape index (κ3) is 4.50. The number of benzene rings is 2. The lowest BCUT2D eigenvalue weighted by atomic mass is 9.61. The van der Waals surface area contributed by atoms with E-state index in [0.717, 1.165) is 69.3 Å². The Bertz CT molecular complexity index is 975. The zero-order valence-corrected chi connectivity index (χ0v) is 19.2. The van der Waals surface area contributed by atoms with Crippen molar-refractivity contribution in [2.75, 3.05) is 19.6 Å². The first-order valence-corrected chi connectivity index (χ1v) is 12.1. The highest BCUT2D eigenvalue weighted by Crippen LogP contribution is 2.55. The van der Waals surface area contributed by atoms with Gasteiger partial charge in [0, 0.05) is 28.9 Å². The number of aliphatic hydroxyl groups is 1. The zero-order chi connectivity index (χ0) is 23.3. The normalized spacial score (nSPS) is 27.7. The molecular weight excluding hydrogens is 451 g/mol. The van der Waals surface area contributed by atoms with Gasteiger partial charge in [0.25, 0.3) is 0 Å². The Kier molecular flexibility index (Phi) is 5.91. The summed E-state index contributed by atoms with van der Waals surface area (Å²) in [6.45, 7) is 2.42. The highest BCUT2D eigenvalue weighted by atomic mass is 35.5. The molecule has 178 valence electrons. The van der Waals surface area contributed by atoms with E-state index in [-0.39, 0.29) is 16.9 Å². The molecule has 1 N–H and O–H groups in total. The molecule has 1 spiro atoms. The van der Waals surface area contributed by atoms with Crippen LogP contribution < -0.4 is 4.74 Å². The molecule has 1 saturated heterocycles. The first-order valence-electron chi connectivity index (χ1n) is 11.7. The summed E-state index contributed by atoms with van der Waals surface area (Å²) in [6.07, 6.45) is 1.30. The predicted molar refractivity (Wildman–Crippen MR) is 122 cm³/mol. The zero-order valence-electron chi connectivity index (χ0n) is 18.5. The third-order valence-electron chi connectivity index (χ3n) is 8.00. The number of halogens is 4. The van der Waals surface area contributed by atoms with Gasteiger partial charge in [0.15, 0.2) is 0 Å². The molecule has 0 bridgehead atoms. The maximum absolute atomic E-state index is 12.8. The molecule has 1 heterocycles. The maximum Gasteiger partial charge on any atom is 0.416 e. The number of ether oxygens (including phenoxy) is 1. The second-order valence-electron chi connectivity index (χ2n) is 10.1. The number of aliphatic hydroxyl groups excluding tert-OH is 1. The fourth-order valence-electron chi connectivity index (χ4n) is 5.78. The molecule has 2 aromatic rings. The van der Waals surface area contributed by atoms with E-state index < -0.39 is 17.8 Å². The van der Waals surface area contributed by atoms with Gasteiger partial charge in [0.05, 0.1) is 11.7 Å². The number of hydrogen-bond donors (Lipinski definition) is 1. The second kappa shape index (κ2) is 8.47. The minimum absolute atomic E-state index is 0.0168. The molecule has 0 radical (unpaired) electrons. The highest BCUT2D eigenvalue weighted by molar-refractivity contribution is 6.30. The van der Waals surface area contributed by atoms with Crippen molar-refractivity contribution in [3.63, 3.8) is 0 Å². The van der Waals surface area contributed by atoms with Crippen molar-refractivity contribution in [2.24, 2.45) is 5.41 Å². The van der Waals surface area contributed by atoms with Gasteiger partial charge < -0.3 is 14.7 Å². The molecule has 2 aromatic carbocycles. The molecule has 3 aliphatic rings. The molecule has 3 nitrogen and oxygen atoms in total. The largest absolute Gasteiger partial charge is 0.490 e. The fourth-order valence-corrected chi connectivity index (χ4v) is 5.91. The molecular formula is C26H29ClF3NO2. The van der Waals surface area contributed by atoms with E-state index in [1.165, 1.54) is 12.1 Å². The van der Waals surface area contributed by atoms with Gasteiger partial charge in [-0.1, -0.05) is 30.2 Å². The maximum atomic E-state index is 12.8. The number of β-amino-alcohol motifs (C(OH)–C–C–N with tert-alkyl or cyclic N) is 1. The van der Waals surface area contributed by atoms with E-state index in [4.69, 9.17) is 16.3 Å². The van der Waals surface area contributed by atoms with Crippen molar-refractivity contribution in [2.45, 2.75) is 62.3 Å². The Morgan fingerprint density at radius 2 is 1.73 bits per heavy atom. The molecule has 5 rings (SSSR count). The molecule has 1 aliphatic heterocycles. The van der Waals surface area contributed by atoms with Gasteiger partial charge in [0.1, 0.15) is 11.9 Å². The van der Waals surface area contributed by atoms with Crippen LogP contribution in [0, 0.1) is 5.41 Å². The summed E-state index contributed by atoms with van der Waals surface area (Å²) in [5, 5.41) is 12.0. The van der Waals surface area contributed by atoms with E-state index >= 15 is 0 Å². The van der Waals surface area contributed by atoms with E-state index in [1.54, 1.807) is 0 Å². The van der Waals surface area contributed by atoms with Crippen LogP contribution in [0.4, 0.5) is 13.2 Å². The van der Waals surface area contributed by atoms with Crippen molar-refractivity contribution in [1.29, 1.82) is 0 Å². The Morgan fingerprint density at radius 1 is 1.03 bits per heavy atom. The Balaban J connectivity index is 1.20. The first kappa shape index (κ1) is 23.0. The number of likely N-dealkylation sites (tertiary alicyclic amines) is 1. The molecule has 33 heavy (non-hydrogen) atoms. The van der Waals surface area contributed by atoms with Crippen LogP contribution in [0.5, 0.6) is 5.75 Å². The summed E-state index contributed by atoms with van der Waals surface area (Å²) in [6, 6.07) is 12.8. The molecule has 7 heteroatoms. The second-order valence-corrected chi connectivity index (χ2v) is 10.5. The summed E-state index contributed by atoms with van der Waals surface area (Å²) in [4.78, 5) is 2.35. The van der Waals surface area contributed by atoms with Crippen LogP contribution >= 0.6 is 11.6 Å².